The molecule has 1 fully saturated rings. The first kappa shape index (κ1) is 28.6. The first-order chi connectivity index (χ1) is 18.9. The maximum Gasteiger partial charge on any atom is 0.438 e. The lowest BCUT2D eigenvalue weighted by atomic mass is 10.0. The number of halogens is 3. The number of aromatic nitrogens is 1. The van der Waals surface area contributed by atoms with Crippen LogP contribution in [-0.2, 0) is 12.7 Å². The third-order valence-corrected chi connectivity index (χ3v) is 6.73. The van der Waals surface area contributed by atoms with Crippen molar-refractivity contribution in [3.8, 4) is 11.8 Å². The van der Waals surface area contributed by atoms with Crippen LogP contribution in [0, 0.1) is 18.8 Å². The molecule has 0 saturated carbocycles. The number of alkyl halides is 3. The van der Waals surface area contributed by atoms with Crippen molar-refractivity contribution in [2.75, 3.05) is 44.3 Å². The Morgan fingerprint density at radius 1 is 1.02 bits per heavy atom. The normalized spacial score (nSPS) is 14.3. The van der Waals surface area contributed by atoms with Crippen molar-refractivity contribution in [1.82, 2.24) is 9.80 Å². The number of pyridine rings is 1. The molecule has 0 bridgehead atoms. The van der Waals surface area contributed by atoms with E-state index >= 15 is 0 Å². The number of likely N-dealkylation sites (N-methyl/N-ethyl adjacent to an activating group) is 1. The van der Waals surface area contributed by atoms with E-state index in [4.69, 9.17) is 11.5 Å². The summed E-state index contributed by atoms with van der Waals surface area (Å²) >= 11 is 0. The number of nitrogens with zero attached hydrogens (tertiary/aromatic N) is 3. The Bertz CT molecular complexity index is 1500. The highest BCUT2D eigenvalue weighted by Gasteiger charge is 2.34. The second kappa shape index (κ2) is 11.8. The third kappa shape index (κ3) is 6.97. The summed E-state index contributed by atoms with van der Waals surface area (Å²) in [6.07, 6.45) is -3.16. The van der Waals surface area contributed by atoms with E-state index in [1.54, 1.807) is 24.3 Å². The summed E-state index contributed by atoms with van der Waals surface area (Å²) in [5.41, 5.74) is 12.6. The lowest BCUT2D eigenvalue weighted by Gasteiger charge is -2.33. The number of carbonyl (C=O) groups is 2. The molecule has 2 amide bonds. The van der Waals surface area contributed by atoms with Gasteiger partial charge in [0.1, 0.15) is 0 Å². The molecule has 208 valence electrons. The van der Waals surface area contributed by atoms with Crippen LogP contribution in [-0.4, -0.2) is 55.0 Å². The number of rotatable bonds is 4. The van der Waals surface area contributed by atoms with E-state index in [1.807, 2.05) is 18.9 Å². The average Bonchev–Trinajstić information content (AvgIpc) is 2.89. The number of nitrogen functional groups attached to an aromatic ring is 1. The minimum atomic E-state index is -4.56. The zero-order chi connectivity index (χ0) is 29.0. The molecule has 2 heterocycles. The summed E-state index contributed by atoms with van der Waals surface area (Å²) in [6, 6.07) is 11.1. The quantitative estimate of drug-likeness (QED) is 0.341. The van der Waals surface area contributed by atoms with Gasteiger partial charge in [0.15, 0.2) is 0 Å². The SMILES string of the molecule is Cc1ccc(C(=O)Nc2ccc(CN3CCN(C)CC3)c(C(F)(F)F)c2)cc1C#Cc1cc[n+](C(N)=O)c(N)c1. The number of amides is 2. The van der Waals surface area contributed by atoms with E-state index in [9.17, 15) is 22.8 Å². The van der Waals surface area contributed by atoms with Crippen LogP contribution in [0.5, 0.6) is 0 Å². The molecule has 5 N–H and O–H groups in total. The Hall–Kier alpha value is -4.40. The van der Waals surface area contributed by atoms with Crippen molar-refractivity contribution in [2.24, 2.45) is 5.73 Å². The third-order valence-electron chi connectivity index (χ3n) is 6.73. The van der Waals surface area contributed by atoms with E-state index in [2.05, 4.69) is 22.1 Å². The Morgan fingerprint density at radius 3 is 2.40 bits per heavy atom. The average molecular weight is 552 g/mol. The van der Waals surface area contributed by atoms with Gasteiger partial charge >= 0.3 is 12.2 Å². The minimum Gasteiger partial charge on any atom is -0.322 e. The Balaban J connectivity index is 1.53. The Kier molecular flexibility index (Phi) is 8.42. The molecular formula is C29H30F3N6O2+. The first-order valence-corrected chi connectivity index (χ1v) is 12.6. The number of nitrogens with one attached hydrogen (secondary N) is 1. The predicted molar refractivity (Wildman–Crippen MR) is 145 cm³/mol. The van der Waals surface area contributed by atoms with Gasteiger partial charge in [0.2, 0.25) is 5.82 Å². The van der Waals surface area contributed by atoms with Crippen LogP contribution in [0.1, 0.15) is 38.2 Å². The summed E-state index contributed by atoms with van der Waals surface area (Å²) in [4.78, 5) is 28.4. The van der Waals surface area contributed by atoms with Crippen LogP contribution in [0.15, 0.2) is 54.7 Å². The molecule has 0 aliphatic carbocycles. The molecule has 0 unspecified atom stereocenters. The fraction of sp³-hybridized carbons (Fsp3) is 0.276. The van der Waals surface area contributed by atoms with Crippen molar-refractivity contribution < 1.29 is 27.3 Å². The van der Waals surface area contributed by atoms with Crippen molar-refractivity contribution in [2.45, 2.75) is 19.6 Å². The van der Waals surface area contributed by atoms with Gasteiger partial charge in [-0.15, -0.1) is 0 Å². The van der Waals surface area contributed by atoms with E-state index in [1.165, 1.54) is 24.4 Å². The number of benzene rings is 2. The van der Waals surface area contributed by atoms with Crippen molar-refractivity contribution in [3.63, 3.8) is 0 Å². The van der Waals surface area contributed by atoms with Crippen LogP contribution >= 0.6 is 0 Å². The number of piperazine rings is 1. The Labute approximate surface area is 230 Å². The molecule has 1 aliphatic heterocycles. The van der Waals surface area contributed by atoms with E-state index < -0.39 is 23.7 Å². The number of primary amides is 1. The molecule has 0 atom stereocenters. The number of carbonyl (C=O) groups excluding carboxylic acids is 2. The van der Waals surface area contributed by atoms with Gasteiger partial charge in [-0.2, -0.15) is 17.7 Å². The topological polar surface area (TPSA) is 109 Å². The minimum absolute atomic E-state index is 0.0511. The molecule has 3 aromatic rings. The number of hydrogen-bond acceptors (Lipinski definition) is 5. The molecule has 40 heavy (non-hydrogen) atoms. The van der Waals surface area contributed by atoms with E-state index in [0.29, 0.717) is 24.2 Å². The van der Waals surface area contributed by atoms with Gasteiger partial charge in [-0.1, -0.05) is 24.0 Å². The number of anilines is 2. The predicted octanol–water partition coefficient (Wildman–Crippen LogP) is 3.21. The van der Waals surface area contributed by atoms with Crippen molar-refractivity contribution in [1.29, 1.82) is 0 Å². The molecular weight excluding hydrogens is 521 g/mol. The van der Waals surface area contributed by atoms with Gasteiger partial charge < -0.3 is 16.0 Å². The van der Waals surface area contributed by atoms with Gasteiger partial charge in [-0.05, 0) is 55.4 Å². The van der Waals surface area contributed by atoms with E-state index in [-0.39, 0.29) is 29.2 Å². The van der Waals surface area contributed by atoms with Gasteiger partial charge in [0.25, 0.3) is 5.91 Å². The number of nitrogens with two attached hydrogens (primary N) is 2. The van der Waals surface area contributed by atoms with Gasteiger partial charge in [-0.25, -0.2) is 4.79 Å². The molecule has 11 heteroatoms. The molecule has 1 aliphatic rings. The molecule has 4 rings (SSSR count). The van der Waals surface area contributed by atoms with Crippen molar-refractivity contribution >= 4 is 23.4 Å². The lowest BCUT2D eigenvalue weighted by Crippen LogP contribution is -2.49. The van der Waals surface area contributed by atoms with Gasteiger partial charge in [0.05, 0.1) is 11.8 Å². The second-order valence-corrected chi connectivity index (χ2v) is 9.73. The molecule has 2 aromatic carbocycles. The van der Waals surface area contributed by atoms with Gasteiger partial charge in [-0.3, -0.25) is 15.4 Å². The van der Waals surface area contributed by atoms with Gasteiger partial charge in [0, 0.05) is 61.2 Å². The molecule has 0 spiro atoms. The fourth-order valence-electron chi connectivity index (χ4n) is 4.34. The van der Waals surface area contributed by atoms with Crippen LogP contribution < -0.4 is 21.4 Å². The zero-order valence-corrected chi connectivity index (χ0v) is 22.2. The standard InChI is InChI=1S/C29H29F3N6O2/c1-19-3-5-22(16-21(19)6-4-20-9-10-38(28(34)40)26(33)15-20)27(39)35-24-8-7-23(25(17-24)29(30,31)32)18-37-13-11-36(2)12-14-37/h3,5,7-10,15-17,33H,11-14,18H2,1-2H3,(H3,34,35,39,40)/p+1. The summed E-state index contributed by atoms with van der Waals surface area (Å²) in [6.45, 7) is 4.99. The lowest BCUT2D eigenvalue weighted by molar-refractivity contribution is -0.554. The fourth-order valence-corrected chi connectivity index (χ4v) is 4.34. The summed E-state index contributed by atoms with van der Waals surface area (Å²) in [7, 11) is 1.99. The highest BCUT2D eigenvalue weighted by molar-refractivity contribution is 6.04. The molecule has 8 nitrogen and oxygen atoms in total. The monoisotopic (exact) mass is 551 g/mol. The summed E-state index contributed by atoms with van der Waals surface area (Å²) in [5, 5.41) is 2.58. The first-order valence-electron chi connectivity index (χ1n) is 12.6. The summed E-state index contributed by atoms with van der Waals surface area (Å²) in [5.74, 6) is 5.47. The Morgan fingerprint density at radius 2 is 1.75 bits per heavy atom. The van der Waals surface area contributed by atoms with Crippen LogP contribution in [0.3, 0.4) is 0 Å². The maximum atomic E-state index is 13.9. The van der Waals surface area contributed by atoms with Crippen LogP contribution in [0.4, 0.5) is 29.5 Å². The van der Waals surface area contributed by atoms with Crippen LogP contribution in [0.25, 0.3) is 0 Å². The summed E-state index contributed by atoms with van der Waals surface area (Å²) < 4.78 is 42.9. The maximum absolute atomic E-state index is 13.9. The highest BCUT2D eigenvalue weighted by Crippen LogP contribution is 2.34. The van der Waals surface area contributed by atoms with E-state index in [0.717, 1.165) is 29.3 Å². The largest absolute Gasteiger partial charge is 0.438 e. The molecule has 1 saturated heterocycles. The molecule has 0 radical (unpaired) electrons. The highest BCUT2D eigenvalue weighted by atomic mass is 19.4. The second-order valence-electron chi connectivity index (χ2n) is 9.73. The number of hydrogen-bond donors (Lipinski definition) is 3. The molecule has 1 aromatic heterocycles. The van der Waals surface area contributed by atoms with Crippen molar-refractivity contribution in [3.05, 3.63) is 88.1 Å². The van der Waals surface area contributed by atoms with Crippen LogP contribution in [0.2, 0.25) is 0 Å². The zero-order valence-electron chi connectivity index (χ0n) is 22.2. The smallest absolute Gasteiger partial charge is 0.322 e. The number of aryl methyl sites for hydroxylation is 1.